The highest BCUT2D eigenvalue weighted by atomic mass is 14.9. The zero-order chi connectivity index (χ0) is 37.8. The van der Waals surface area contributed by atoms with Crippen LogP contribution < -0.4 is 0 Å². The number of nitrogens with zero attached hydrogens (tertiary/aromatic N) is 2. The number of fused-ring (bicyclic) bond motifs is 6. The third kappa shape index (κ3) is 5.18. The summed E-state index contributed by atoms with van der Waals surface area (Å²) in [6.45, 7) is 0. The van der Waals surface area contributed by atoms with E-state index in [1.165, 1.54) is 60.7 Å². The molecule has 11 rings (SSSR count). The molecule has 1 aliphatic carbocycles. The van der Waals surface area contributed by atoms with Gasteiger partial charge in [0.1, 0.15) is 0 Å². The summed E-state index contributed by atoms with van der Waals surface area (Å²) in [6.07, 6.45) is 0. The first kappa shape index (κ1) is 33.0. The summed E-state index contributed by atoms with van der Waals surface area (Å²) in [7, 11) is 0. The van der Waals surface area contributed by atoms with Gasteiger partial charge in [0, 0.05) is 16.7 Å². The molecule has 0 unspecified atom stereocenters. The fourth-order valence-electron chi connectivity index (χ4n) is 9.36. The van der Waals surface area contributed by atoms with Crippen LogP contribution in [0.25, 0.3) is 77.7 Å². The maximum Gasteiger partial charge on any atom is 0.160 e. The van der Waals surface area contributed by atoms with Gasteiger partial charge in [-0.05, 0) is 72.1 Å². The summed E-state index contributed by atoms with van der Waals surface area (Å²) in [4.78, 5) is 10.3. The molecule has 2 nitrogen and oxygen atoms in total. The average molecular weight is 725 g/mol. The van der Waals surface area contributed by atoms with E-state index >= 15 is 0 Å². The Morgan fingerprint density at radius 3 is 1.54 bits per heavy atom. The minimum absolute atomic E-state index is 0.525. The van der Waals surface area contributed by atoms with E-state index < -0.39 is 5.41 Å². The Bertz CT molecular complexity index is 3000. The second-order valence-electron chi connectivity index (χ2n) is 14.8. The van der Waals surface area contributed by atoms with Crippen LogP contribution in [0.15, 0.2) is 218 Å². The smallest absolute Gasteiger partial charge is 0.160 e. The van der Waals surface area contributed by atoms with Gasteiger partial charge < -0.3 is 0 Å². The first-order valence-electron chi connectivity index (χ1n) is 19.6. The third-order valence-electron chi connectivity index (χ3n) is 11.8. The van der Waals surface area contributed by atoms with E-state index in [1.807, 2.05) is 24.3 Å². The lowest BCUT2D eigenvalue weighted by molar-refractivity contribution is 0.775. The van der Waals surface area contributed by atoms with Crippen LogP contribution in [-0.4, -0.2) is 9.97 Å². The number of benzene rings is 9. The molecule has 0 amide bonds. The second kappa shape index (κ2) is 13.4. The van der Waals surface area contributed by atoms with E-state index in [1.54, 1.807) is 0 Å². The molecule has 2 heteroatoms. The van der Waals surface area contributed by atoms with Gasteiger partial charge in [0.2, 0.25) is 0 Å². The molecule has 0 bridgehead atoms. The fourth-order valence-corrected chi connectivity index (χ4v) is 9.36. The Balaban J connectivity index is 1.19. The highest BCUT2D eigenvalue weighted by Gasteiger charge is 2.48. The number of hydrogen-bond donors (Lipinski definition) is 0. The molecule has 10 aromatic rings. The van der Waals surface area contributed by atoms with Crippen molar-refractivity contribution >= 4 is 21.5 Å². The van der Waals surface area contributed by atoms with Crippen LogP contribution >= 0.6 is 0 Å². The quantitative estimate of drug-likeness (QED) is 0.171. The standard InChI is InChI=1S/C55H36N2/c1-5-19-38(20-6-1)50-36-51(57-54(56-50)39-21-7-2-8-22-39)46-35-34-45(43-28-15-16-29-44(43)46)47-30-17-31-49-52(47)48-33-32-37-18-13-14-27-42(37)53(48)55(49,40-23-9-3-10-24-40)41-25-11-4-12-26-41/h1-36H. The average Bonchev–Trinajstić information content (AvgIpc) is 3.61. The molecule has 1 heterocycles. The summed E-state index contributed by atoms with van der Waals surface area (Å²) in [6, 6.07) is 78.8. The van der Waals surface area contributed by atoms with E-state index in [-0.39, 0.29) is 0 Å². The largest absolute Gasteiger partial charge is 0.228 e. The van der Waals surface area contributed by atoms with Gasteiger partial charge in [-0.1, -0.05) is 212 Å². The zero-order valence-corrected chi connectivity index (χ0v) is 31.2. The lowest BCUT2D eigenvalue weighted by atomic mass is 9.66. The molecule has 266 valence electrons. The normalized spacial score (nSPS) is 12.7. The molecule has 57 heavy (non-hydrogen) atoms. The molecular weight excluding hydrogens is 689 g/mol. The van der Waals surface area contributed by atoms with Crippen LogP contribution in [0.5, 0.6) is 0 Å². The van der Waals surface area contributed by atoms with Gasteiger partial charge in [-0.2, -0.15) is 0 Å². The van der Waals surface area contributed by atoms with E-state index in [9.17, 15) is 0 Å². The topological polar surface area (TPSA) is 25.8 Å². The maximum absolute atomic E-state index is 5.24. The van der Waals surface area contributed by atoms with E-state index in [2.05, 4.69) is 194 Å². The molecule has 0 fully saturated rings. The summed E-state index contributed by atoms with van der Waals surface area (Å²) < 4.78 is 0. The third-order valence-corrected chi connectivity index (χ3v) is 11.8. The van der Waals surface area contributed by atoms with E-state index in [0.29, 0.717) is 5.82 Å². The molecule has 0 atom stereocenters. The van der Waals surface area contributed by atoms with E-state index in [0.717, 1.165) is 33.5 Å². The Hall–Kier alpha value is -7.42. The molecule has 0 saturated carbocycles. The lowest BCUT2D eigenvalue weighted by Gasteiger charge is -2.34. The van der Waals surface area contributed by atoms with Gasteiger partial charge in [0.05, 0.1) is 16.8 Å². The Kier molecular flexibility index (Phi) is 7.75. The van der Waals surface area contributed by atoms with Crippen molar-refractivity contribution in [1.29, 1.82) is 0 Å². The minimum Gasteiger partial charge on any atom is -0.228 e. The van der Waals surface area contributed by atoms with Gasteiger partial charge in [0.15, 0.2) is 5.82 Å². The predicted octanol–water partition coefficient (Wildman–Crippen LogP) is 13.8. The molecule has 0 saturated heterocycles. The van der Waals surface area contributed by atoms with Crippen molar-refractivity contribution in [3.63, 3.8) is 0 Å². The number of hydrogen-bond acceptors (Lipinski definition) is 2. The molecule has 0 N–H and O–H groups in total. The van der Waals surface area contributed by atoms with Crippen LogP contribution in [-0.2, 0) is 5.41 Å². The van der Waals surface area contributed by atoms with Crippen LogP contribution in [0, 0.1) is 0 Å². The van der Waals surface area contributed by atoms with Crippen molar-refractivity contribution < 1.29 is 0 Å². The van der Waals surface area contributed by atoms with Crippen LogP contribution in [0.4, 0.5) is 0 Å². The first-order chi connectivity index (χ1) is 28.3. The minimum atomic E-state index is -0.525. The van der Waals surface area contributed by atoms with Crippen molar-refractivity contribution in [2.75, 3.05) is 0 Å². The number of aromatic nitrogens is 2. The van der Waals surface area contributed by atoms with Crippen LogP contribution in [0.3, 0.4) is 0 Å². The monoisotopic (exact) mass is 724 g/mol. The van der Waals surface area contributed by atoms with Crippen LogP contribution in [0.1, 0.15) is 22.3 Å². The molecule has 0 spiro atoms. The molecule has 0 radical (unpaired) electrons. The summed E-state index contributed by atoms with van der Waals surface area (Å²) in [5.74, 6) is 0.711. The SMILES string of the molecule is c1ccc(-c2cc(-c3ccc(-c4cccc5c4-c4ccc6ccccc6c4C5(c4ccccc4)c4ccccc4)c4ccccc34)nc(-c3ccccc3)n2)cc1. The molecule has 1 aromatic heterocycles. The Labute approximate surface area is 332 Å². The van der Waals surface area contributed by atoms with Gasteiger partial charge in [0.25, 0.3) is 0 Å². The Morgan fingerprint density at radius 2 is 0.860 bits per heavy atom. The molecule has 0 aliphatic heterocycles. The van der Waals surface area contributed by atoms with Crippen LogP contribution in [0.2, 0.25) is 0 Å². The maximum atomic E-state index is 5.24. The van der Waals surface area contributed by atoms with Crippen molar-refractivity contribution in [1.82, 2.24) is 9.97 Å². The number of rotatable bonds is 6. The predicted molar refractivity (Wildman–Crippen MR) is 236 cm³/mol. The van der Waals surface area contributed by atoms with Crippen molar-refractivity contribution in [3.05, 3.63) is 241 Å². The highest BCUT2D eigenvalue weighted by Crippen LogP contribution is 2.60. The van der Waals surface area contributed by atoms with Gasteiger partial charge in [-0.3, -0.25) is 0 Å². The summed E-state index contributed by atoms with van der Waals surface area (Å²) in [5.41, 5.74) is 14.5. The van der Waals surface area contributed by atoms with Gasteiger partial charge >= 0.3 is 0 Å². The zero-order valence-electron chi connectivity index (χ0n) is 31.2. The first-order valence-corrected chi connectivity index (χ1v) is 19.6. The lowest BCUT2D eigenvalue weighted by Crippen LogP contribution is -2.28. The van der Waals surface area contributed by atoms with Gasteiger partial charge in [-0.15, -0.1) is 0 Å². The van der Waals surface area contributed by atoms with Crippen molar-refractivity contribution in [2.24, 2.45) is 0 Å². The summed E-state index contributed by atoms with van der Waals surface area (Å²) in [5, 5.41) is 4.85. The fraction of sp³-hybridized carbons (Fsp3) is 0.0182. The van der Waals surface area contributed by atoms with Gasteiger partial charge in [-0.25, -0.2) is 9.97 Å². The molecular formula is C55H36N2. The summed E-state index contributed by atoms with van der Waals surface area (Å²) >= 11 is 0. The molecule has 1 aliphatic rings. The molecule has 9 aromatic carbocycles. The van der Waals surface area contributed by atoms with Crippen molar-refractivity contribution in [3.8, 4) is 56.2 Å². The second-order valence-corrected chi connectivity index (χ2v) is 14.8. The highest BCUT2D eigenvalue weighted by molar-refractivity contribution is 6.10. The Morgan fingerprint density at radius 1 is 0.333 bits per heavy atom. The van der Waals surface area contributed by atoms with E-state index in [4.69, 9.17) is 9.97 Å². The van der Waals surface area contributed by atoms with Crippen molar-refractivity contribution in [2.45, 2.75) is 5.41 Å².